The Morgan fingerprint density at radius 3 is 2.81 bits per heavy atom. The van der Waals surface area contributed by atoms with Crippen molar-refractivity contribution in [2.45, 2.75) is 6.54 Å². The molecule has 0 spiro atoms. The lowest BCUT2D eigenvalue weighted by Gasteiger charge is -2.07. The van der Waals surface area contributed by atoms with E-state index in [-0.39, 0.29) is 11.5 Å². The van der Waals surface area contributed by atoms with Crippen molar-refractivity contribution >= 4 is 16.8 Å². The maximum Gasteiger partial charge on any atom is 0.253 e. The number of carbonyl (C=O) groups is 1. The summed E-state index contributed by atoms with van der Waals surface area (Å²) in [6.07, 6.45) is 3.13. The van der Waals surface area contributed by atoms with Gasteiger partial charge in [-0.05, 0) is 17.7 Å². The van der Waals surface area contributed by atoms with Crippen molar-refractivity contribution in [1.82, 2.24) is 15.3 Å². The highest BCUT2D eigenvalue weighted by atomic mass is 16.1. The first-order valence-electron chi connectivity index (χ1n) is 6.53. The monoisotopic (exact) mass is 279 g/mol. The summed E-state index contributed by atoms with van der Waals surface area (Å²) >= 11 is 0. The van der Waals surface area contributed by atoms with E-state index in [1.807, 2.05) is 30.3 Å². The molecule has 2 heterocycles. The van der Waals surface area contributed by atoms with Gasteiger partial charge < -0.3 is 10.3 Å². The van der Waals surface area contributed by atoms with Crippen LogP contribution in [0.5, 0.6) is 0 Å². The minimum Gasteiger partial charge on any atom is -0.348 e. The van der Waals surface area contributed by atoms with Gasteiger partial charge in [-0.15, -0.1) is 0 Å². The molecule has 0 fully saturated rings. The number of aromatic nitrogens is 2. The van der Waals surface area contributed by atoms with Gasteiger partial charge in [0.1, 0.15) is 0 Å². The second-order valence-corrected chi connectivity index (χ2v) is 4.62. The molecule has 0 aliphatic rings. The van der Waals surface area contributed by atoms with Crippen LogP contribution in [-0.4, -0.2) is 15.9 Å². The number of benzene rings is 1. The molecular weight excluding hydrogens is 266 g/mol. The molecule has 104 valence electrons. The first-order valence-corrected chi connectivity index (χ1v) is 6.53. The minimum absolute atomic E-state index is 0.232. The molecule has 1 aromatic carbocycles. The molecule has 2 aromatic heterocycles. The lowest BCUT2D eigenvalue weighted by molar-refractivity contribution is 0.0950. The molecule has 0 atom stereocenters. The number of pyridine rings is 2. The number of amides is 1. The average molecular weight is 279 g/mol. The Morgan fingerprint density at radius 2 is 2.00 bits per heavy atom. The molecule has 5 nitrogen and oxygen atoms in total. The van der Waals surface area contributed by atoms with Crippen molar-refractivity contribution in [2.75, 3.05) is 0 Å². The summed E-state index contributed by atoms with van der Waals surface area (Å²) in [5.41, 5.74) is 2.01. The first-order chi connectivity index (χ1) is 10.2. The van der Waals surface area contributed by atoms with Crippen molar-refractivity contribution in [3.8, 4) is 0 Å². The van der Waals surface area contributed by atoms with Gasteiger partial charge in [-0.2, -0.15) is 0 Å². The zero-order chi connectivity index (χ0) is 14.7. The molecule has 0 unspecified atom stereocenters. The number of rotatable bonds is 3. The highest BCUT2D eigenvalue weighted by Gasteiger charge is 2.07. The molecule has 1 amide bonds. The van der Waals surface area contributed by atoms with Crippen molar-refractivity contribution in [3.05, 3.63) is 76.3 Å². The van der Waals surface area contributed by atoms with Gasteiger partial charge in [-0.1, -0.05) is 24.3 Å². The van der Waals surface area contributed by atoms with E-state index in [0.29, 0.717) is 12.1 Å². The van der Waals surface area contributed by atoms with Crippen molar-refractivity contribution < 1.29 is 4.79 Å². The lowest BCUT2D eigenvalue weighted by atomic mass is 10.1. The lowest BCUT2D eigenvalue weighted by Crippen LogP contribution is -2.23. The van der Waals surface area contributed by atoms with Gasteiger partial charge in [0.15, 0.2) is 0 Å². The Balaban J connectivity index is 1.79. The van der Waals surface area contributed by atoms with Crippen LogP contribution in [0.15, 0.2) is 59.7 Å². The van der Waals surface area contributed by atoms with E-state index >= 15 is 0 Å². The van der Waals surface area contributed by atoms with Gasteiger partial charge in [0, 0.05) is 30.4 Å². The number of hydrogen-bond acceptors (Lipinski definition) is 3. The van der Waals surface area contributed by atoms with E-state index < -0.39 is 0 Å². The van der Waals surface area contributed by atoms with Gasteiger partial charge in [0.25, 0.3) is 5.91 Å². The fourth-order valence-corrected chi connectivity index (χ4v) is 2.14. The van der Waals surface area contributed by atoms with E-state index in [2.05, 4.69) is 15.3 Å². The van der Waals surface area contributed by atoms with Crippen LogP contribution in [0.25, 0.3) is 10.9 Å². The zero-order valence-electron chi connectivity index (χ0n) is 11.2. The van der Waals surface area contributed by atoms with Crippen LogP contribution < -0.4 is 10.9 Å². The SMILES string of the molecule is O=C(NCc1cccc2cccnc12)c1ccc(=O)[nH]c1. The predicted molar refractivity (Wildman–Crippen MR) is 80.0 cm³/mol. The molecule has 0 saturated carbocycles. The van der Waals surface area contributed by atoms with E-state index in [0.717, 1.165) is 16.5 Å². The number of nitrogens with zero attached hydrogens (tertiary/aromatic N) is 1. The second-order valence-electron chi connectivity index (χ2n) is 4.62. The third kappa shape index (κ3) is 2.81. The summed E-state index contributed by atoms with van der Waals surface area (Å²) in [6.45, 7) is 0.381. The van der Waals surface area contributed by atoms with Gasteiger partial charge in [-0.25, -0.2) is 0 Å². The Bertz CT molecular complexity index is 830. The molecule has 21 heavy (non-hydrogen) atoms. The number of H-pyrrole nitrogens is 1. The summed E-state index contributed by atoms with van der Waals surface area (Å²) in [5, 5.41) is 3.86. The Morgan fingerprint density at radius 1 is 1.14 bits per heavy atom. The Labute approximate surface area is 120 Å². The highest BCUT2D eigenvalue weighted by molar-refractivity contribution is 5.94. The zero-order valence-corrected chi connectivity index (χ0v) is 11.2. The van der Waals surface area contributed by atoms with Crippen LogP contribution in [0.4, 0.5) is 0 Å². The molecule has 2 N–H and O–H groups in total. The number of aromatic amines is 1. The first kappa shape index (κ1) is 13.1. The van der Waals surface area contributed by atoms with E-state index in [1.54, 1.807) is 6.20 Å². The maximum atomic E-state index is 12.0. The highest BCUT2D eigenvalue weighted by Crippen LogP contribution is 2.15. The van der Waals surface area contributed by atoms with Crippen LogP contribution in [0.1, 0.15) is 15.9 Å². The normalized spacial score (nSPS) is 10.5. The van der Waals surface area contributed by atoms with Gasteiger partial charge >= 0.3 is 0 Å². The maximum absolute atomic E-state index is 12.0. The standard InChI is InChI=1S/C16H13N3O2/c20-14-7-6-13(10-18-14)16(21)19-9-12-4-1-3-11-5-2-8-17-15(11)12/h1-8,10H,9H2,(H,18,20)(H,19,21). The van der Waals surface area contributed by atoms with E-state index in [9.17, 15) is 9.59 Å². The fraction of sp³-hybridized carbons (Fsp3) is 0.0625. The van der Waals surface area contributed by atoms with Gasteiger partial charge in [0.2, 0.25) is 5.56 Å². The van der Waals surface area contributed by atoms with Crippen molar-refractivity contribution in [3.63, 3.8) is 0 Å². The van der Waals surface area contributed by atoms with Crippen molar-refractivity contribution in [2.24, 2.45) is 0 Å². The molecule has 3 rings (SSSR count). The second kappa shape index (κ2) is 5.58. The van der Waals surface area contributed by atoms with Crippen LogP contribution in [-0.2, 0) is 6.54 Å². The van der Waals surface area contributed by atoms with Crippen LogP contribution in [0.3, 0.4) is 0 Å². The van der Waals surface area contributed by atoms with Crippen LogP contribution in [0.2, 0.25) is 0 Å². The molecule has 0 bridgehead atoms. The molecular formula is C16H13N3O2. The number of fused-ring (bicyclic) bond motifs is 1. The number of carbonyl (C=O) groups excluding carboxylic acids is 1. The average Bonchev–Trinajstić information content (AvgIpc) is 2.53. The van der Waals surface area contributed by atoms with Crippen LogP contribution in [0, 0.1) is 0 Å². The number of para-hydroxylation sites is 1. The largest absolute Gasteiger partial charge is 0.348 e. The third-order valence-corrected chi connectivity index (χ3v) is 3.20. The summed E-state index contributed by atoms with van der Waals surface area (Å²) in [6, 6.07) is 12.5. The van der Waals surface area contributed by atoms with Crippen LogP contribution >= 0.6 is 0 Å². The topological polar surface area (TPSA) is 74.8 Å². The van der Waals surface area contributed by atoms with Gasteiger partial charge in [-0.3, -0.25) is 14.6 Å². The number of nitrogens with one attached hydrogen (secondary N) is 2. The molecule has 0 aliphatic carbocycles. The molecule has 0 radical (unpaired) electrons. The predicted octanol–water partition coefficient (Wildman–Crippen LogP) is 1.85. The van der Waals surface area contributed by atoms with Crippen molar-refractivity contribution in [1.29, 1.82) is 0 Å². The Kier molecular flexibility index (Phi) is 3.47. The van der Waals surface area contributed by atoms with Gasteiger partial charge in [0.05, 0.1) is 11.1 Å². The summed E-state index contributed by atoms with van der Waals surface area (Å²) in [7, 11) is 0. The molecule has 5 heteroatoms. The smallest absolute Gasteiger partial charge is 0.253 e. The quantitative estimate of drug-likeness (QED) is 0.768. The van der Waals surface area contributed by atoms with E-state index in [4.69, 9.17) is 0 Å². The summed E-state index contributed by atoms with van der Waals surface area (Å²) in [4.78, 5) is 29.8. The van der Waals surface area contributed by atoms with E-state index in [1.165, 1.54) is 18.3 Å². The third-order valence-electron chi connectivity index (χ3n) is 3.20. The molecule has 3 aromatic rings. The molecule has 0 aliphatic heterocycles. The summed E-state index contributed by atoms with van der Waals surface area (Å²) in [5.74, 6) is -0.237. The molecule has 0 saturated heterocycles. The summed E-state index contributed by atoms with van der Waals surface area (Å²) < 4.78 is 0. The minimum atomic E-state index is -0.237. The Hall–Kier alpha value is -2.95. The fourth-order valence-electron chi connectivity index (χ4n) is 2.14. The number of hydrogen-bond donors (Lipinski definition) is 2.